The van der Waals surface area contributed by atoms with E-state index in [1.807, 2.05) is 42.3 Å². The number of anilines is 1. The number of piperidine rings is 1. The van der Waals surface area contributed by atoms with Gasteiger partial charge in [-0.05, 0) is 25.0 Å². The summed E-state index contributed by atoms with van der Waals surface area (Å²) in [7, 11) is 1.87. The molecule has 0 spiro atoms. The van der Waals surface area contributed by atoms with Gasteiger partial charge in [-0.25, -0.2) is 9.97 Å². The Kier molecular flexibility index (Phi) is 4.05. The van der Waals surface area contributed by atoms with Crippen molar-refractivity contribution in [2.45, 2.75) is 18.9 Å². The predicted octanol–water partition coefficient (Wildman–Crippen LogP) is 2.08. The second kappa shape index (κ2) is 6.51. The number of benzene rings is 1. The molecule has 4 rings (SSSR count). The van der Waals surface area contributed by atoms with E-state index in [0.29, 0.717) is 24.8 Å². The molecule has 0 unspecified atom stereocenters. The average molecular weight is 336 g/mol. The van der Waals surface area contributed by atoms with Crippen molar-refractivity contribution in [3.63, 3.8) is 0 Å². The molecule has 2 aromatic heterocycles. The van der Waals surface area contributed by atoms with Crippen LogP contribution in [-0.4, -0.2) is 49.7 Å². The van der Waals surface area contributed by atoms with Crippen LogP contribution >= 0.6 is 0 Å². The number of carbonyl (C=O) groups excluding carboxylic acids is 1. The molecule has 0 bridgehead atoms. The fourth-order valence-corrected chi connectivity index (χ4v) is 3.33. The first-order chi connectivity index (χ1) is 12.2. The van der Waals surface area contributed by atoms with Gasteiger partial charge in [-0.15, -0.1) is 0 Å². The first-order valence-electron chi connectivity index (χ1n) is 8.46. The standard InChI is InChI=1S/C18H20N6O/c1-23-15-5-3-2-4-14(15)17(22-23)18(25)24-10-7-13(8-11-24)21-16-6-9-19-12-20-16/h2-6,9,12-13H,7-8,10-11H2,1H3,(H,19,20,21). The van der Waals surface area contributed by atoms with Crippen LogP contribution in [0.15, 0.2) is 42.9 Å². The molecule has 1 amide bonds. The lowest BCUT2D eigenvalue weighted by Crippen LogP contribution is -2.42. The van der Waals surface area contributed by atoms with Gasteiger partial charge in [0.2, 0.25) is 0 Å². The zero-order valence-corrected chi connectivity index (χ0v) is 14.1. The van der Waals surface area contributed by atoms with Crippen molar-refractivity contribution < 1.29 is 4.79 Å². The van der Waals surface area contributed by atoms with Crippen LogP contribution in [0, 0.1) is 0 Å². The van der Waals surface area contributed by atoms with Crippen LogP contribution in [0.1, 0.15) is 23.3 Å². The number of hydrogen-bond acceptors (Lipinski definition) is 5. The van der Waals surface area contributed by atoms with E-state index in [2.05, 4.69) is 20.4 Å². The highest BCUT2D eigenvalue weighted by Crippen LogP contribution is 2.21. The van der Waals surface area contributed by atoms with Crippen molar-refractivity contribution in [1.29, 1.82) is 0 Å². The Morgan fingerprint density at radius 1 is 1.20 bits per heavy atom. The molecule has 0 saturated carbocycles. The molecule has 0 aliphatic carbocycles. The van der Waals surface area contributed by atoms with Gasteiger partial charge in [-0.3, -0.25) is 9.48 Å². The second-order valence-corrected chi connectivity index (χ2v) is 6.29. The Morgan fingerprint density at radius 2 is 2.00 bits per heavy atom. The number of aryl methyl sites for hydroxylation is 1. The highest BCUT2D eigenvalue weighted by Gasteiger charge is 2.26. The van der Waals surface area contributed by atoms with E-state index in [1.165, 1.54) is 6.33 Å². The summed E-state index contributed by atoms with van der Waals surface area (Å²) in [6, 6.07) is 10.0. The fraction of sp³-hybridized carbons (Fsp3) is 0.333. The maximum atomic E-state index is 12.9. The van der Waals surface area contributed by atoms with E-state index in [1.54, 1.807) is 10.9 Å². The van der Waals surface area contributed by atoms with E-state index < -0.39 is 0 Å². The Balaban J connectivity index is 1.44. The molecule has 128 valence electrons. The van der Waals surface area contributed by atoms with E-state index in [4.69, 9.17) is 0 Å². The molecule has 0 atom stereocenters. The lowest BCUT2D eigenvalue weighted by molar-refractivity contribution is 0.0713. The molecule has 1 aliphatic heterocycles. The molecular formula is C18H20N6O. The highest BCUT2D eigenvalue weighted by atomic mass is 16.2. The van der Waals surface area contributed by atoms with Crippen LogP contribution in [0.25, 0.3) is 10.9 Å². The topological polar surface area (TPSA) is 75.9 Å². The summed E-state index contributed by atoms with van der Waals surface area (Å²) in [5, 5.41) is 8.76. The lowest BCUT2D eigenvalue weighted by Gasteiger charge is -2.32. The van der Waals surface area contributed by atoms with Gasteiger partial charge in [-0.1, -0.05) is 18.2 Å². The Morgan fingerprint density at radius 3 is 2.76 bits per heavy atom. The van der Waals surface area contributed by atoms with Crippen molar-refractivity contribution in [1.82, 2.24) is 24.6 Å². The molecule has 3 heterocycles. The van der Waals surface area contributed by atoms with Gasteiger partial charge in [0.15, 0.2) is 5.69 Å². The Hall–Kier alpha value is -2.96. The van der Waals surface area contributed by atoms with Crippen molar-refractivity contribution >= 4 is 22.6 Å². The zero-order valence-electron chi connectivity index (χ0n) is 14.1. The number of likely N-dealkylation sites (tertiary alicyclic amines) is 1. The quantitative estimate of drug-likeness (QED) is 0.792. The second-order valence-electron chi connectivity index (χ2n) is 6.29. The zero-order chi connectivity index (χ0) is 17.2. The molecule has 7 nitrogen and oxygen atoms in total. The number of hydrogen-bond donors (Lipinski definition) is 1. The fourth-order valence-electron chi connectivity index (χ4n) is 3.33. The molecule has 1 aromatic carbocycles. The van der Waals surface area contributed by atoms with Gasteiger partial charge in [0.25, 0.3) is 5.91 Å². The first-order valence-corrected chi connectivity index (χ1v) is 8.46. The first kappa shape index (κ1) is 15.6. The van der Waals surface area contributed by atoms with Gasteiger partial charge < -0.3 is 10.2 Å². The molecule has 0 radical (unpaired) electrons. The molecule has 1 fully saturated rings. The average Bonchev–Trinajstić information content (AvgIpc) is 3.00. The highest BCUT2D eigenvalue weighted by molar-refractivity contribution is 6.04. The Labute approximate surface area is 145 Å². The maximum Gasteiger partial charge on any atom is 0.275 e. The SMILES string of the molecule is Cn1nc(C(=O)N2CCC(Nc3ccncn3)CC2)c2ccccc21. The number of nitrogens with zero attached hydrogens (tertiary/aromatic N) is 5. The molecular weight excluding hydrogens is 316 g/mol. The number of aromatic nitrogens is 4. The number of carbonyl (C=O) groups is 1. The van der Waals surface area contributed by atoms with E-state index >= 15 is 0 Å². The largest absolute Gasteiger partial charge is 0.367 e. The number of rotatable bonds is 3. The van der Waals surface area contributed by atoms with Crippen molar-refractivity contribution in [2.24, 2.45) is 7.05 Å². The third kappa shape index (κ3) is 3.05. The van der Waals surface area contributed by atoms with Crippen molar-refractivity contribution in [2.75, 3.05) is 18.4 Å². The Bertz CT molecular complexity index is 883. The molecule has 1 aliphatic rings. The minimum atomic E-state index is 0.0114. The monoisotopic (exact) mass is 336 g/mol. The third-order valence-corrected chi connectivity index (χ3v) is 4.68. The molecule has 1 saturated heterocycles. The number of amides is 1. The van der Waals surface area contributed by atoms with Crippen LogP contribution in [0.4, 0.5) is 5.82 Å². The maximum absolute atomic E-state index is 12.9. The van der Waals surface area contributed by atoms with E-state index in [0.717, 1.165) is 29.6 Å². The molecule has 1 N–H and O–H groups in total. The summed E-state index contributed by atoms with van der Waals surface area (Å²) in [5.74, 6) is 0.841. The lowest BCUT2D eigenvalue weighted by atomic mass is 10.0. The number of para-hydroxylation sites is 1. The van der Waals surface area contributed by atoms with Gasteiger partial charge in [0.1, 0.15) is 12.1 Å². The smallest absolute Gasteiger partial charge is 0.275 e. The minimum absolute atomic E-state index is 0.0114. The summed E-state index contributed by atoms with van der Waals surface area (Å²) in [6.45, 7) is 1.43. The summed E-state index contributed by atoms with van der Waals surface area (Å²) in [5.41, 5.74) is 1.52. The number of nitrogens with one attached hydrogen (secondary N) is 1. The van der Waals surface area contributed by atoms with Crippen molar-refractivity contribution in [3.05, 3.63) is 48.5 Å². The summed E-state index contributed by atoms with van der Waals surface area (Å²) < 4.78 is 1.77. The summed E-state index contributed by atoms with van der Waals surface area (Å²) in [6.07, 6.45) is 5.04. The van der Waals surface area contributed by atoms with E-state index in [9.17, 15) is 4.79 Å². The van der Waals surface area contributed by atoms with Gasteiger partial charge in [0, 0.05) is 37.8 Å². The predicted molar refractivity (Wildman–Crippen MR) is 95.3 cm³/mol. The van der Waals surface area contributed by atoms with Crippen LogP contribution in [0.3, 0.4) is 0 Å². The third-order valence-electron chi connectivity index (χ3n) is 4.68. The van der Waals surface area contributed by atoms with Crippen LogP contribution in [-0.2, 0) is 7.05 Å². The normalized spacial score (nSPS) is 15.5. The van der Waals surface area contributed by atoms with Crippen LogP contribution in [0.2, 0.25) is 0 Å². The summed E-state index contributed by atoms with van der Waals surface area (Å²) >= 11 is 0. The van der Waals surface area contributed by atoms with Gasteiger partial charge >= 0.3 is 0 Å². The molecule has 3 aromatic rings. The van der Waals surface area contributed by atoms with Crippen molar-refractivity contribution in [3.8, 4) is 0 Å². The van der Waals surface area contributed by atoms with E-state index in [-0.39, 0.29) is 5.91 Å². The summed E-state index contributed by atoms with van der Waals surface area (Å²) in [4.78, 5) is 22.9. The van der Waals surface area contributed by atoms with Crippen LogP contribution in [0.5, 0.6) is 0 Å². The van der Waals surface area contributed by atoms with Gasteiger partial charge in [0.05, 0.1) is 5.52 Å². The molecule has 25 heavy (non-hydrogen) atoms. The van der Waals surface area contributed by atoms with Crippen LogP contribution < -0.4 is 5.32 Å². The van der Waals surface area contributed by atoms with Gasteiger partial charge in [-0.2, -0.15) is 5.10 Å². The minimum Gasteiger partial charge on any atom is -0.367 e. The number of fused-ring (bicyclic) bond motifs is 1. The molecule has 7 heteroatoms.